The second-order valence-electron chi connectivity index (χ2n) is 6.78. The summed E-state index contributed by atoms with van der Waals surface area (Å²) in [5.74, 6) is 0.783. The normalized spacial score (nSPS) is 12.3. The molecule has 0 bridgehead atoms. The van der Waals surface area contributed by atoms with Crippen molar-refractivity contribution in [1.82, 2.24) is 4.90 Å². The van der Waals surface area contributed by atoms with Gasteiger partial charge in [-0.2, -0.15) is 0 Å². The van der Waals surface area contributed by atoms with Gasteiger partial charge in [0, 0.05) is 19.7 Å². The van der Waals surface area contributed by atoms with E-state index in [-0.39, 0.29) is 0 Å². The van der Waals surface area contributed by atoms with Crippen LogP contribution in [0.25, 0.3) is 0 Å². The van der Waals surface area contributed by atoms with Gasteiger partial charge in [0.2, 0.25) is 0 Å². The highest BCUT2D eigenvalue weighted by Crippen LogP contribution is 2.09. The summed E-state index contributed by atoms with van der Waals surface area (Å²) in [6, 6.07) is 0. The van der Waals surface area contributed by atoms with Gasteiger partial charge >= 0.3 is 0 Å². The van der Waals surface area contributed by atoms with Gasteiger partial charge in [-0.25, -0.2) is 0 Å². The fraction of sp³-hybridized carbons (Fsp3) is 0.789. The number of nitrogens with zero attached hydrogens (tertiary/aromatic N) is 1. The molecule has 0 aromatic rings. The topological polar surface area (TPSA) is 23.5 Å². The first-order chi connectivity index (χ1) is 9.95. The Bertz CT molecular complexity index is 301. The second kappa shape index (κ2) is 13.1. The van der Waals surface area contributed by atoms with Gasteiger partial charge in [-0.15, -0.1) is 0 Å². The Morgan fingerprint density at radius 1 is 1.05 bits per heavy atom. The maximum atomic E-state index is 9.03. The van der Waals surface area contributed by atoms with E-state index in [1.165, 1.54) is 24.0 Å². The molecule has 0 radical (unpaired) electrons. The maximum Gasteiger partial charge on any atom is 0.0443 e. The van der Waals surface area contributed by atoms with Crippen LogP contribution in [0.15, 0.2) is 23.3 Å². The van der Waals surface area contributed by atoms with Crippen molar-refractivity contribution in [2.45, 2.75) is 66.7 Å². The highest BCUT2D eigenvalue weighted by Gasteiger charge is 2.04. The lowest BCUT2D eigenvalue weighted by atomic mass is 10.1. The average molecular weight is 296 g/mol. The van der Waals surface area contributed by atoms with Crippen LogP contribution in [0.1, 0.15) is 66.7 Å². The molecule has 0 rings (SSSR count). The summed E-state index contributed by atoms with van der Waals surface area (Å²) in [7, 11) is 0. The number of aliphatic hydroxyl groups excluding tert-OH is 1. The minimum Gasteiger partial charge on any atom is -0.396 e. The molecule has 0 aliphatic heterocycles. The smallest absolute Gasteiger partial charge is 0.0443 e. The first-order valence-corrected chi connectivity index (χ1v) is 8.58. The molecule has 2 heteroatoms. The molecule has 2 nitrogen and oxygen atoms in total. The number of aliphatic hydroxyl groups is 1. The molecule has 1 N–H and O–H groups in total. The Kier molecular flexibility index (Phi) is 12.7. The maximum absolute atomic E-state index is 9.03. The van der Waals surface area contributed by atoms with E-state index >= 15 is 0 Å². The predicted molar refractivity (Wildman–Crippen MR) is 94.6 cm³/mol. The lowest BCUT2D eigenvalue weighted by Gasteiger charge is -2.21. The summed E-state index contributed by atoms with van der Waals surface area (Å²) in [5.41, 5.74) is 2.88. The molecular formula is C19H37NO. The molecule has 0 heterocycles. The number of rotatable bonds is 12. The van der Waals surface area contributed by atoms with Crippen LogP contribution in [0, 0.1) is 5.92 Å². The summed E-state index contributed by atoms with van der Waals surface area (Å²) in [6.07, 6.45) is 10.4. The lowest BCUT2D eigenvalue weighted by molar-refractivity contribution is 0.231. The summed E-state index contributed by atoms with van der Waals surface area (Å²) >= 11 is 0. The Balaban J connectivity index is 4.14. The first kappa shape index (κ1) is 20.4. The molecule has 0 aromatic heterocycles. The average Bonchev–Trinajstić information content (AvgIpc) is 2.40. The Morgan fingerprint density at radius 3 is 2.29 bits per heavy atom. The third-order valence-electron chi connectivity index (χ3n) is 3.68. The van der Waals surface area contributed by atoms with Crippen LogP contribution in [0.2, 0.25) is 0 Å². The number of allylic oxidation sites excluding steroid dienone is 3. The molecule has 0 aliphatic rings. The molecule has 0 aromatic carbocycles. The Labute approximate surface area is 132 Å². The fourth-order valence-corrected chi connectivity index (χ4v) is 2.29. The van der Waals surface area contributed by atoms with Crippen LogP contribution < -0.4 is 0 Å². The van der Waals surface area contributed by atoms with Crippen molar-refractivity contribution in [3.8, 4) is 0 Å². The van der Waals surface area contributed by atoms with Gasteiger partial charge in [0.1, 0.15) is 0 Å². The highest BCUT2D eigenvalue weighted by molar-refractivity contribution is 5.03. The van der Waals surface area contributed by atoms with Gasteiger partial charge in [-0.05, 0) is 65.3 Å². The SMILES string of the molecule is CC(C)=CCC/C(C)=C/CN(CCCO)CCCC(C)C. The van der Waals surface area contributed by atoms with Crippen molar-refractivity contribution in [2.24, 2.45) is 5.92 Å². The molecule has 0 atom stereocenters. The van der Waals surface area contributed by atoms with E-state index in [1.54, 1.807) is 0 Å². The monoisotopic (exact) mass is 295 g/mol. The van der Waals surface area contributed by atoms with Crippen molar-refractivity contribution in [3.63, 3.8) is 0 Å². The van der Waals surface area contributed by atoms with E-state index in [4.69, 9.17) is 5.11 Å². The summed E-state index contributed by atoms with van der Waals surface area (Å²) in [6.45, 7) is 14.6. The minimum absolute atomic E-state index is 0.296. The van der Waals surface area contributed by atoms with Crippen LogP contribution in [0.3, 0.4) is 0 Å². The second-order valence-corrected chi connectivity index (χ2v) is 6.78. The van der Waals surface area contributed by atoms with Crippen LogP contribution in [-0.4, -0.2) is 36.2 Å². The van der Waals surface area contributed by atoms with Crippen molar-refractivity contribution in [3.05, 3.63) is 23.3 Å². The Hall–Kier alpha value is -0.600. The van der Waals surface area contributed by atoms with E-state index < -0.39 is 0 Å². The molecule has 0 amide bonds. The molecule has 124 valence electrons. The third kappa shape index (κ3) is 14.1. The standard InChI is InChI=1S/C19H37NO/c1-17(2)9-6-11-19(5)12-15-20(14-8-16-21)13-7-10-18(3)4/h9,12,18,21H,6-8,10-11,13-16H2,1-5H3/b19-12+. The molecule has 0 fully saturated rings. The molecule has 0 saturated heterocycles. The fourth-order valence-electron chi connectivity index (χ4n) is 2.29. The minimum atomic E-state index is 0.296. The van der Waals surface area contributed by atoms with E-state index in [1.807, 2.05) is 0 Å². The molecule has 0 spiro atoms. The van der Waals surface area contributed by atoms with Crippen LogP contribution in [0.4, 0.5) is 0 Å². The highest BCUT2D eigenvalue weighted by atomic mass is 16.3. The van der Waals surface area contributed by atoms with Gasteiger partial charge in [-0.1, -0.05) is 37.1 Å². The lowest BCUT2D eigenvalue weighted by Crippen LogP contribution is -2.27. The van der Waals surface area contributed by atoms with Gasteiger partial charge in [-0.3, -0.25) is 4.90 Å². The van der Waals surface area contributed by atoms with Crippen LogP contribution in [0.5, 0.6) is 0 Å². The van der Waals surface area contributed by atoms with Gasteiger partial charge in [0.25, 0.3) is 0 Å². The van der Waals surface area contributed by atoms with E-state index in [0.29, 0.717) is 6.61 Å². The molecular weight excluding hydrogens is 258 g/mol. The van der Waals surface area contributed by atoms with Crippen LogP contribution in [-0.2, 0) is 0 Å². The van der Waals surface area contributed by atoms with Gasteiger partial charge in [0.05, 0.1) is 0 Å². The molecule has 0 aliphatic carbocycles. The summed E-state index contributed by atoms with van der Waals surface area (Å²) in [4.78, 5) is 2.48. The largest absolute Gasteiger partial charge is 0.396 e. The predicted octanol–water partition coefficient (Wildman–Crippen LogP) is 4.80. The zero-order valence-electron chi connectivity index (χ0n) is 15.0. The van der Waals surface area contributed by atoms with E-state index in [0.717, 1.165) is 44.8 Å². The summed E-state index contributed by atoms with van der Waals surface area (Å²) < 4.78 is 0. The molecule has 0 saturated carbocycles. The van der Waals surface area contributed by atoms with Crippen molar-refractivity contribution in [1.29, 1.82) is 0 Å². The zero-order chi connectivity index (χ0) is 16.1. The first-order valence-electron chi connectivity index (χ1n) is 8.58. The Morgan fingerprint density at radius 2 is 1.71 bits per heavy atom. The van der Waals surface area contributed by atoms with Gasteiger partial charge < -0.3 is 5.11 Å². The van der Waals surface area contributed by atoms with E-state index in [2.05, 4.69) is 51.7 Å². The quantitative estimate of drug-likeness (QED) is 0.523. The summed E-state index contributed by atoms with van der Waals surface area (Å²) in [5, 5.41) is 9.03. The number of hydrogen-bond acceptors (Lipinski definition) is 2. The molecule has 0 unspecified atom stereocenters. The van der Waals surface area contributed by atoms with Crippen molar-refractivity contribution in [2.75, 3.05) is 26.2 Å². The molecule has 21 heavy (non-hydrogen) atoms. The zero-order valence-corrected chi connectivity index (χ0v) is 15.0. The van der Waals surface area contributed by atoms with Crippen molar-refractivity contribution < 1.29 is 5.11 Å². The van der Waals surface area contributed by atoms with Crippen molar-refractivity contribution >= 4 is 0 Å². The number of hydrogen-bond donors (Lipinski definition) is 1. The van der Waals surface area contributed by atoms with Crippen LogP contribution >= 0.6 is 0 Å². The van der Waals surface area contributed by atoms with E-state index in [9.17, 15) is 0 Å². The van der Waals surface area contributed by atoms with Gasteiger partial charge in [0.15, 0.2) is 0 Å². The third-order valence-corrected chi connectivity index (χ3v) is 3.68.